The predicted octanol–water partition coefficient (Wildman–Crippen LogP) is 2.52. The van der Waals surface area contributed by atoms with Crippen molar-refractivity contribution in [3.8, 4) is 0 Å². The predicted molar refractivity (Wildman–Crippen MR) is 94.5 cm³/mol. The van der Waals surface area contributed by atoms with E-state index in [1.54, 1.807) is 0 Å². The van der Waals surface area contributed by atoms with Gasteiger partial charge in [0.05, 0.1) is 17.7 Å². The molecule has 2 atom stereocenters. The van der Waals surface area contributed by atoms with E-state index in [-0.39, 0.29) is 0 Å². The van der Waals surface area contributed by atoms with Crippen molar-refractivity contribution in [2.24, 2.45) is 5.92 Å². The van der Waals surface area contributed by atoms with Crippen LogP contribution in [0.1, 0.15) is 35.6 Å². The molecule has 0 unspecified atom stereocenters. The number of imidazole rings is 1. The Morgan fingerprint density at radius 3 is 2.83 bits per heavy atom. The maximum Gasteiger partial charge on any atom is 0.0925 e. The number of piperidine rings is 1. The van der Waals surface area contributed by atoms with Gasteiger partial charge < -0.3 is 4.98 Å². The van der Waals surface area contributed by atoms with Crippen molar-refractivity contribution in [3.63, 3.8) is 0 Å². The molecule has 5 heteroatoms. The van der Waals surface area contributed by atoms with Gasteiger partial charge in [-0.3, -0.25) is 14.8 Å². The van der Waals surface area contributed by atoms with Gasteiger partial charge in [-0.05, 0) is 44.7 Å². The molecule has 3 saturated heterocycles. The zero-order chi connectivity index (χ0) is 16.5. The molecule has 1 N–H and O–H groups in total. The number of aromatic amines is 1. The van der Waals surface area contributed by atoms with Gasteiger partial charge in [0, 0.05) is 50.2 Å². The van der Waals surface area contributed by atoms with Crippen LogP contribution in [0.25, 0.3) is 0 Å². The fraction of sp³-hybridized carbons (Fsp3) is 0.579. The van der Waals surface area contributed by atoms with E-state index < -0.39 is 0 Å². The number of hydrogen-bond acceptors (Lipinski definition) is 4. The number of aryl methyl sites for hydroxylation is 2. The van der Waals surface area contributed by atoms with E-state index in [0.717, 1.165) is 31.2 Å². The molecule has 128 valence electrons. The lowest BCUT2D eigenvalue weighted by Gasteiger charge is -2.36. The number of nitrogens with one attached hydrogen (secondary N) is 1. The number of pyridine rings is 1. The van der Waals surface area contributed by atoms with Crippen LogP contribution < -0.4 is 0 Å². The van der Waals surface area contributed by atoms with Gasteiger partial charge in [0.1, 0.15) is 0 Å². The van der Waals surface area contributed by atoms with E-state index in [2.05, 4.69) is 51.8 Å². The molecule has 0 radical (unpaired) electrons. The Labute approximate surface area is 144 Å². The van der Waals surface area contributed by atoms with Gasteiger partial charge in [-0.25, -0.2) is 4.98 Å². The van der Waals surface area contributed by atoms with Gasteiger partial charge in [0.25, 0.3) is 0 Å². The molecule has 3 aliphatic heterocycles. The Morgan fingerprint density at radius 2 is 2.04 bits per heavy atom. The van der Waals surface area contributed by atoms with Crippen LogP contribution in [0.15, 0.2) is 24.5 Å². The van der Waals surface area contributed by atoms with E-state index in [4.69, 9.17) is 4.98 Å². The summed E-state index contributed by atoms with van der Waals surface area (Å²) < 4.78 is 0. The van der Waals surface area contributed by atoms with E-state index in [1.165, 1.54) is 43.0 Å². The second-order valence-electron chi connectivity index (χ2n) is 7.47. The van der Waals surface area contributed by atoms with Crippen LogP contribution in [0.5, 0.6) is 0 Å². The van der Waals surface area contributed by atoms with Crippen LogP contribution in [0.4, 0.5) is 0 Å². The molecule has 5 nitrogen and oxygen atoms in total. The minimum atomic E-state index is 0.644. The maximum atomic E-state index is 4.70. The van der Waals surface area contributed by atoms with E-state index >= 15 is 0 Å². The third-order valence-electron chi connectivity index (χ3n) is 5.52. The lowest BCUT2D eigenvalue weighted by molar-refractivity contribution is 0.121. The second kappa shape index (κ2) is 6.65. The first-order valence-corrected chi connectivity index (χ1v) is 9.05. The fourth-order valence-corrected chi connectivity index (χ4v) is 4.25. The third-order valence-corrected chi connectivity index (χ3v) is 5.52. The van der Waals surface area contributed by atoms with Crippen LogP contribution in [-0.4, -0.2) is 50.4 Å². The standard InChI is InChI=1S/C19H27N5/c1-14-4-3-5-17(22-14)10-24-9-16-6-7-18(24)11-23(8-16)12-19-15(2)20-13-21-19/h3-5,13,16,18H,6-12H2,1-2H3,(H,20,21)/t16-,18+/m0/s1. The number of hydrogen-bond donors (Lipinski definition) is 1. The summed E-state index contributed by atoms with van der Waals surface area (Å²) in [4.78, 5) is 17.7. The molecule has 2 bridgehead atoms. The summed E-state index contributed by atoms with van der Waals surface area (Å²) in [6.07, 6.45) is 4.48. The van der Waals surface area contributed by atoms with Gasteiger partial charge in [0.2, 0.25) is 0 Å². The van der Waals surface area contributed by atoms with E-state index in [0.29, 0.717) is 6.04 Å². The highest BCUT2D eigenvalue weighted by Crippen LogP contribution is 2.29. The summed E-state index contributed by atoms with van der Waals surface area (Å²) in [6, 6.07) is 7.01. The first-order chi connectivity index (χ1) is 11.7. The fourth-order valence-electron chi connectivity index (χ4n) is 4.25. The maximum absolute atomic E-state index is 4.70. The first kappa shape index (κ1) is 15.8. The summed E-state index contributed by atoms with van der Waals surface area (Å²) in [7, 11) is 0. The minimum Gasteiger partial charge on any atom is -0.348 e. The molecule has 0 aliphatic carbocycles. The van der Waals surface area contributed by atoms with Gasteiger partial charge in [-0.15, -0.1) is 0 Å². The van der Waals surface area contributed by atoms with Crippen molar-refractivity contribution in [2.75, 3.05) is 19.6 Å². The number of rotatable bonds is 4. The molecule has 24 heavy (non-hydrogen) atoms. The first-order valence-electron chi connectivity index (χ1n) is 9.05. The lowest BCUT2D eigenvalue weighted by atomic mass is 9.95. The van der Waals surface area contributed by atoms with Crippen molar-refractivity contribution in [2.45, 2.75) is 45.8 Å². The Hall–Kier alpha value is -1.72. The topological polar surface area (TPSA) is 48.0 Å². The summed E-state index contributed by atoms with van der Waals surface area (Å²) in [5.41, 5.74) is 4.72. The summed E-state index contributed by atoms with van der Waals surface area (Å²) >= 11 is 0. The summed E-state index contributed by atoms with van der Waals surface area (Å²) in [5, 5.41) is 0. The van der Waals surface area contributed by atoms with Crippen molar-refractivity contribution < 1.29 is 0 Å². The minimum absolute atomic E-state index is 0.644. The molecule has 5 rings (SSSR count). The lowest BCUT2D eigenvalue weighted by Crippen LogP contribution is -2.43. The molecule has 0 saturated carbocycles. The van der Waals surface area contributed by atoms with Gasteiger partial charge in [-0.1, -0.05) is 6.07 Å². The van der Waals surface area contributed by atoms with Crippen LogP contribution in [0.2, 0.25) is 0 Å². The Kier molecular flexibility index (Phi) is 4.37. The normalized spacial score (nSPS) is 25.1. The van der Waals surface area contributed by atoms with Gasteiger partial charge in [0.15, 0.2) is 0 Å². The SMILES string of the molecule is Cc1cccc(CN2C[C@H]3CC[C@@H]2CN(Cc2nc[nH]c2C)C3)n1. The molecule has 0 spiro atoms. The van der Waals surface area contributed by atoms with Crippen molar-refractivity contribution in [1.82, 2.24) is 24.8 Å². The molecule has 5 heterocycles. The highest BCUT2D eigenvalue weighted by atomic mass is 15.3. The quantitative estimate of drug-likeness (QED) is 0.938. The van der Waals surface area contributed by atoms with Crippen molar-refractivity contribution in [1.29, 1.82) is 0 Å². The monoisotopic (exact) mass is 325 g/mol. The van der Waals surface area contributed by atoms with Gasteiger partial charge >= 0.3 is 0 Å². The second-order valence-corrected chi connectivity index (χ2v) is 7.47. The number of fused-ring (bicyclic) bond motifs is 4. The number of aromatic nitrogens is 3. The highest BCUT2D eigenvalue weighted by molar-refractivity contribution is 5.11. The van der Waals surface area contributed by atoms with Crippen LogP contribution >= 0.6 is 0 Å². The molecular weight excluding hydrogens is 298 g/mol. The molecule has 3 fully saturated rings. The molecule has 3 aliphatic rings. The largest absolute Gasteiger partial charge is 0.348 e. The Balaban J connectivity index is 1.45. The molecule has 0 amide bonds. The number of H-pyrrole nitrogens is 1. The Morgan fingerprint density at radius 1 is 1.12 bits per heavy atom. The van der Waals surface area contributed by atoms with Crippen LogP contribution in [0, 0.1) is 19.8 Å². The smallest absolute Gasteiger partial charge is 0.0925 e. The summed E-state index contributed by atoms with van der Waals surface area (Å²) in [6.45, 7) is 9.69. The molecular formula is C19H27N5. The average molecular weight is 325 g/mol. The Bertz CT molecular complexity index is 695. The van der Waals surface area contributed by atoms with Crippen LogP contribution in [-0.2, 0) is 13.1 Å². The average Bonchev–Trinajstić information content (AvgIpc) is 2.77. The molecule has 0 aromatic carbocycles. The van der Waals surface area contributed by atoms with Gasteiger partial charge in [-0.2, -0.15) is 0 Å². The van der Waals surface area contributed by atoms with E-state index in [1.807, 2.05) is 6.33 Å². The highest BCUT2D eigenvalue weighted by Gasteiger charge is 2.35. The third kappa shape index (κ3) is 3.37. The van der Waals surface area contributed by atoms with Crippen molar-refractivity contribution in [3.05, 3.63) is 47.3 Å². The molecule has 2 aromatic heterocycles. The number of nitrogens with zero attached hydrogens (tertiary/aromatic N) is 4. The zero-order valence-corrected chi connectivity index (χ0v) is 14.7. The van der Waals surface area contributed by atoms with E-state index in [9.17, 15) is 0 Å². The van der Waals surface area contributed by atoms with Crippen molar-refractivity contribution >= 4 is 0 Å². The molecule has 2 aromatic rings. The summed E-state index contributed by atoms with van der Waals surface area (Å²) in [5.74, 6) is 0.771. The zero-order valence-electron chi connectivity index (χ0n) is 14.7. The van der Waals surface area contributed by atoms with Crippen LogP contribution in [0.3, 0.4) is 0 Å².